The predicted octanol–water partition coefficient (Wildman–Crippen LogP) is 3.60. The minimum Gasteiger partial charge on any atom is -0.496 e. The van der Waals surface area contributed by atoms with Crippen LogP contribution in [-0.2, 0) is 13.0 Å². The van der Waals surface area contributed by atoms with E-state index in [1.54, 1.807) is 18.4 Å². The molecular formula is C22H34N4OS. The van der Waals surface area contributed by atoms with Crippen LogP contribution in [0.2, 0.25) is 0 Å². The molecule has 2 heterocycles. The van der Waals surface area contributed by atoms with Crippen LogP contribution in [0.15, 0.2) is 30.5 Å². The molecule has 1 saturated heterocycles. The van der Waals surface area contributed by atoms with E-state index in [0.717, 1.165) is 42.9 Å². The maximum atomic E-state index is 5.50. The Kier molecular flexibility index (Phi) is 7.71. The van der Waals surface area contributed by atoms with Gasteiger partial charge in [0, 0.05) is 51.3 Å². The van der Waals surface area contributed by atoms with E-state index >= 15 is 0 Å². The zero-order valence-electron chi connectivity index (χ0n) is 17.7. The Bertz CT molecular complexity index is 733. The number of benzene rings is 1. The maximum Gasteiger partial charge on any atom is 0.185 e. The first-order chi connectivity index (χ1) is 13.5. The highest BCUT2D eigenvalue weighted by Gasteiger charge is 2.21. The van der Waals surface area contributed by atoms with Crippen molar-refractivity contribution in [3.63, 3.8) is 0 Å². The number of nitrogens with zero attached hydrogens (tertiary/aromatic N) is 4. The molecule has 1 aliphatic heterocycles. The average Bonchev–Trinajstić information content (AvgIpc) is 3.15. The van der Waals surface area contributed by atoms with Crippen molar-refractivity contribution in [2.45, 2.75) is 25.8 Å². The fourth-order valence-corrected chi connectivity index (χ4v) is 4.95. The first kappa shape index (κ1) is 21.1. The Morgan fingerprint density at radius 1 is 1.25 bits per heavy atom. The summed E-state index contributed by atoms with van der Waals surface area (Å²) in [6.07, 6.45) is 5.72. The van der Waals surface area contributed by atoms with Crippen molar-refractivity contribution < 1.29 is 4.74 Å². The fraction of sp³-hybridized carbons (Fsp3) is 0.591. The molecule has 2 aromatic rings. The number of likely N-dealkylation sites (tertiary alicyclic amines) is 1. The topological polar surface area (TPSA) is 31.8 Å². The third-order valence-corrected chi connectivity index (χ3v) is 6.56. The summed E-state index contributed by atoms with van der Waals surface area (Å²) in [6, 6.07) is 8.39. The van der Waals surface area contributed by atoms with Gasteiger partial charge in [0.25, 0.3) is 0 Å². The lowest BCUT2D eigenvalue weighted by atomic mass is 9.97. The Hall–Kier alpha value is -1.63. The predicted molar refractivity (Wildman–Crippen MR) is 119 cm³/mol. The van der Waals surface area contributed by atoms with Gasteiger partial charge in [0.05, 0.1) is 7.11 Å². The number of anilines is 1. The molecule has 3 rings (SSSR count). The van der Waals surface area contributed by atoms with Crippen LogP contribution >= 0.6 is 11.3 Å². The van der Waals surface area contributed by atoms with Gasteiger partial charge in [-0.2, -0.15) is 0 Å². The summed E-state index contributed by atoms with van der Waals surface area (Å²) in [5.41, 5.74) is 1.31. The van der Waals surface area contributed by atoms with Gasteiger partial charge in [-0.1, -0.05) is 18.2 Å². The number of piperidine rings is 1. The highest BCUT2D eigenvalue weighted by atomic mass is 32.1. The minimum absolute atomic E-state index is 0.748. The van der Waals surface area contributed by atoms with Crippen LogP contribution in [0.4, 0.5) is 5.13 Å². The molecule has 0 spiro atoms. The third-order valence-electron chi connectivity index (χ3n) is 5.41. The molecule has 1 aromatic heterocycles. The van der Waals surface area contributed by atoms with Crippen molar-refractivity contribution in [3.05, 3.63) is 40.9 Å². The quantitative estimate of drug-likeness (QED) is 0.640. The average molecular weight is 403 g/mol. The molecular weight excluding hydrogens is 368 g/mol. The van der Waals surface area contributed by atoms with Gasteiger partial charge in [0.2, 0.25) is 0 Å². The van der Waals surface area contributed by atoms with Crippen LogP contribution in [-0.4, -0.2) is 69.2 Å². The van der Waals surface area contributed by atoms with Crippen molar-refractivity contribution in [2.75, 3.05) is 59.3 Å². The van der Waals surface area contributed by atoms with Crippen molar-refractivity contribution >= 4 is 16.5 Å². The van der Waals surface area contributed by atoms with Crippen LogP contribution in [0.3, 0.4) is 0 Å². The molecule has 1 aliphatic rings. The number of para-hydroxylation sites is 1. The number of thiazole rings is 1. The molecule has 0 amide bonds. The number of ether oxygens (including phenoxy) is 1. The van der Waals surface area contributed by atoms with Gasteiger partial charge in [0.1, 0.15) is 5.75 Å². The second kappa shape index (κ2) is 10.2. The van der Waals surface area contributed by atoms with Gasteiger partial charge in [-0.25, -0.2) is 4.98 Å². The van der Waals surface area contributed by atoms with E-state index in [9.17, 15) is 0 Å². The molecule has 1 fully saturated rings. The lowest BCUT2D eigenvalue weighted by Crippen LogP contribution is -2.40. The Morgan fingerprint density at radius 2 is 2.07 bits per heavy atom. The summed E-state index contributed by atoms with van der Waals surface area (Å²) in [6.45, 7) is 5.67. The molecule has 154 valence electrons. The van der Waals surface area contributed by atoms with Crippen molar-refractivity contribution in [1.82, 2.24) is 14.8 Å². The number of hydrogen-bond donors (Lipinski definition) is 0. The van der Waals surface area contributed by atoms with Crippen LogP contribution in [0.1, 0.15) is 23.3 Å². The molecule has 6 heteroatoms. The van der Waals surface area contributed by atoms with Crippen LogP contribution in [0.25, 0.3) is 0 Å². The molecule has 0 radical (unpaired) electrons. The highest BCUT2D eigenvalue weighted by Crippen LogP contribution is 2.24. The fourth-order valence-electron chi connectivity index (χ4n) is 4.04. The zero-order valence-corrected chi connectivity index (χ0v) is 18.5. The maximum absolute atomic E-state index is 5.50. The second-order valence-electron chi connectivity index (χ2n) is 8.07. The van der Waals surface area contributed by atoms with Gasteiger partial charge in [-0.3, -0.25) is 0 Å². The van der Waals surface area contributed by atoms with Gasteiger partial charge >= 0.3 is 0 Å². The summed E-state index contributed by atoms with van der Waals surface area (Å²) in [5.74, 6) is 1.76. The summed E-state index contributed by atoms with van der Waals surface area (Å²) >= 11 is 1.79. The number of methoxy groups -OCH3 is 1. The lowest BCUT2D eigenvalue weighted by Gasteiger charge is -2.34. The summed E-state index contributed by atoms with van der Waals surface area (Å²) < 4.78 is 5.50. The number of rotatable bonds is 9. The molecule has 1 aromatic carbocycles. The van der Waals surface area contributed by atoms with Gasteiger partial charge in [-0.15, -0.1) is 11.3 Å². The Labute approximate surface area is 173 Å². The summed E-state index contributed by atoms with van der Waals surface area (Å²) in [7, 11) is 8.10. The first-order valence-corrected chi connectivity index (χ1v) is 11.0. The van der Waals surface area contributed by atoms with Gasteiger partial charge in [0.15, 0.2) is 5.13 Å². The molecule has 0 bridgehead atoms. The standard InChI is InChI=1S/C22H34N4OS/c1-24(2)22-23-14-20(28-22)17-25(3)15-18-8-7-12-26(16-18)13-11-19-9-5-6-10-21(19)27-4/h5-6,9-10,14,18H,7-8,11-13,15-17H2,1-4H3/t18-/m1/s1. The minimum atomic E-state index is 0.748. The smallest absolute Gasteiger partial charge is 0.185 e. The van der Waals surface area contributed by atoms with E-state index in [4.69, 9.17) is 4.74 Å². The monoisotopic (exact) mass is 402 g/mol. The molecule has 0 aliphatic carbocycles. The second-order valence-corrected chi connectivity index (χ2v) is 9.16. The number of hydrogen-bond acceptors (Lipinski definition) is 6. The largest absolute Gasteiger partial charge is 0.496 e. The van der Waals surface area contributed by atoms with Gasteiger partial charge < -0.3 is 19.4 Å². The molecule has 0 N–H and O–H groups in total. The Balaban J connectivity index is 1.46. The van der Waals surface area contributed by atoms with E-state index in [2.05, 4.69) is 44.9 Å². The molecule has 5 nitrogen and oxygen atoms in total. The zero-order chi connectivity index (χ0) is 19.9. The molecule has 1 atom stereocenters. The Morgan fingerprint density at radius 3 is 2.82 bits per heavy atom. The van der Waals surface area contributed by atoms with E-state index in [1.165, 1.54) is 36.4 Å². The van der Waals surface area contributed by atoms with Crippen molar-refractivity contribution in [3.8, 4) is 5.75 Å². The molecule has 28 heavy (non-hydrogen) atoms. The van der Waals surface area contributed by atoms with Crippen LogP contribution in [0.5, 0.6) is 5.75 Å². The molecule has 0 unspecified atom stereocenters. The van der Waals surface area contributed by atoms with Gasteiger partial charge in [-0.05, 0) is 50.4 Å². The van der Waals surface area contributed by atoms with Crippen LogP contribution < -0.4 is 9.64 Å². The van der Waals surface area contributed by atoms with Crippen LogP contribution in [0, 0.1) is 5.92 Å². The summed E-state index contributed by atoms with van der Waals surface area (Å²) in [4.78, 5) is 13.0. The van der Waals surface area contributed by atoms with E-state index in [0.29, 0.717) is 0 Å². The SMILES string of the molecule is COc1ccccc1CCN1CCC[C@H](CN(C)Cc2cnc(N(C)C)s2)C1. The summed E-state index contributed by atoms with van der Waals surface area (Å²) in [5, 5.41) is 1.09. The van der Waals surface area contributed by atoms with Crippen molar-refractivity contribution in [2.24, 2.45) is 5.92 Å². The normalized spacial score (nSPS) is 17.8. The van der Waals surface area contributed by atoms with E-state index in [-0.39, 0.29) is 0 Å². The number of aromatic nitrogens is 1. The third kappa shape index (κ3) is 5.93. The molecule has 0 saturated carbocycles. The van der Waals surface area contributed by atoms with E-state index in [1.807, 2.05) is 26.4 Å². The van der Waals surface area contributed by atoms with Crippen molar-refractivity contribution in [1.29, 1.82) is 0 Å². The highest BCUT2D eigenvalue weighted by molar-refractivity contribution is 7.15. The first-order valence-electron chi connectivity index (χ1n) is 10.2. The van der Waals surface area contributed by atoms with E-state index < -0.39 is 0 Å². The lowest BCUT2D eigenvalue weighted by molar-refractivity contribution is 0.142.